The summed E-state index contributed by atoms with van der Waals surface area (Å²) in [5.74, 6) is 0.574. The number of piperidine rings is 1. The van der Waals surface area contributed by atoms with Gasteiger partial charge in [0.2, 0.25) is 0 Å². The molecule has 8 heteroatoms. The maximum absolute atomic E-state index is 15.5. The minimum absolute atomic E-state index is 0.0266. The summed E-state index contributed by atoms with van der Waals surface area (Å²) < 4.78 is 24.9. The number of rotatable bonds is 4. The highest BCUT2D eigenvalue weighted by Gasteiger charge is 2.55. The first-order chi connectivity index (χ1) is 16.0. The first kappa shape index (κ1) is 20.4. The molecular formula is C25H29ClFN5O. The second kappa shape index (κ2) is 7.03. The summed E-state index contributed by atoms with van der Waals surface area (Å²) in [6, 6.07) is 3.99. The molecule has 4 aliphatic rings. The topological polar surface area (TPSA) is 48.1 Å². The van der Waals surface area contributed by atoms with Gasteiger partial charge in [-0.05, 0) is 69.2 Å². The zero-order valence-corrected chi connectivity index (χ0v) is 19.6. The molecule has 2 aliphatic heterocycles. The first-order valence-electron chi connectivity index (χ1n) is 12.2. The zero-order chi connectivity index (χ0) is 22.4. The Morgan fingerprint density at radius 1 is 1.12 bits per heavy atom. The molecule has 6 nitrogen and oxygen atoms in total. The number of hydrogen-bond donors (Lipinski definition) is 0. The number of likely N-dealkylation sites (tertiary alicyclic amines) is 1. The Morgan fingerprint density at radius 2 is 1.94 bits per heavy atom. The number of ether oxygens (including phenoxy) is 1. The SMILES string of the molecule is CC1(N2CC[C@@H](c3cc4c(cnn4-c4cnn(C56CCC5CC6)c4)cc3Cl)[C@H](F)C2)COC1. The predicted molar refractivity (Wildman–Crippen MR) is 125 cm³/mol. The van der Waals surface area contributed by atoms with E-state index in [1.807, 2.05) is 23.1 Å². The van der Waals surface area contributed by atoms with Crippen LogP contribution < -0.4 is 0 Å². The molecule has 3 aromatic rings. The van der Waals surface area contributed by atoms with Gasteiger partial charge in [-0.15, -0.1) is 0 Å². The maximum atomic E-state index is 15.5. The summed E-state index contributed by atoms with van der Waals surface area (Å²) in [5.41, 5.74) is 3.01. The summed E-state index contributed by atoms with van der Waals surface area (Å²) >= 11 is 6.68. The van der Waals surface area contributed by atoms with E-state index >= 15 is 4.39 Å². The molecule has 4 heterocycles. The van der Waals surface area contributed by atoms with Crippen LogP contribution in [0.15, 0.2) is 30.7 Å². The van der Waals surface area contributed by atoms with Gasteiger partial charge in [0.15, 0.2) is 0 Å². The Hall–Kier alpha value is -1.96. The van der Waals surface area contributed by atoms with Crippen molar-refractivity contribution in [3.8, 4) is 5.69 Å². The number of aromatic nitrogens is 4. The van der Waals surface area contributed by atoms with Crippen LogP contribution in [0.3, 0.4) is 0 Å². The molecule has 174 valence electrons. The molecule has 1 aromatic carbocycles. The van der Waals surface area contributed by atoms with Crippen LogP contribution >= 0.6 is 11.6 Å². The van der Waals surface area contributed by atoms with E-state index in [0.717, 1.165) is 41.0 Å². The van der Waals surface area contributed by atoms with E-state index in [1.54, 1.807) is 0 Å². The molecule has 0 unspecified atom stereocenters. The molecule has 33 heavy (non-hydrogen) atoms. The highest BCUT2D eigenvalue weighted by Crippen LogP contribution is 2.58. The quantitative estimate of drug-likeness (QED) is 0.556. The highest BCUT2D eigenvalue weighted by atomic mass is 35.5. The Balaban J connectivity index is 1.20. The monoisotopic (exact) mass is 469 g/mol. The van der Waals surface area contributed by atoms with Crippen molar-refractivity contribution in [3.05, 3.63) is 41.3 Å². The molecule has 2 aliphatic carbocycles. The van der Waals surface area contributed by atoms with Gasteiger partial charge in [-0.3, -0.25) is 9.58 Å². The second-order valence-electron chi connectivity index (χ2n) is 10.9. The van der Waals surface area contributed by atoms with E-state index in [1.165, 1.54) is 25.7 Å². The summed E-state index contributed by atoms with van der Waals surface area (Å²) in [5, 5.41) is 10.9. The molecular weight excluding hydrogens is 441 g/mol. The minimum atomic E-state index is -0.960. The van der Waals surface area contributed by atoms with Gasteiger partial charge < -0.3 is 4.74 Å². The fourth-order valence-electron chi connectivity index (χ4n) is 6.59. The van der Waals surface area contributed by atoms with Crippen LogP contribution in [-0.4, -0.2) is 62.5 Å². The van der Waals surface area contributed by atoms with E-state index in [2.05, 4.69) is 33.9 Å². The molecule has 0 N–H and O–H groups in total. The van der Waals surface area contributed by atoms with Crippen LogP contribution in [0.1, 0.15) is 50.5 Å². The number of alkyl halides is 1. The van der Waals surface area contributed by atoms with Gasteiger partial charge in [0.05, 0.1) is 48.4 Å². The minimum Gasteiger partial charge on any atom is -0.377 e. The molecule has 0 spiro atoms. The van der Waals surface area contributed by atoms with Crippen molar-refractivity contribution in [1.29, 1.82) is 0 Å². The normalized spacial score (nSPS) is 33.2. The van der Waals surface area contributed by atoms with Crippen molar-refractivity contribution in [3.63, 3.8) is 0 Å². The van der Waals surface area contributed by atoms with Crippen molar-refractivity contribution in [2.45, 2.75) is 62.2 Å². The molecule has 0 bridgehead atoms. The van der Waals surface area contributed by atoms with Gasteiger partial charge in [-0.25, -0.2) is 9.07 Å². The summed E-state index contributed by atoms with van der Waals surface area (Å²) in [4.78, 5) is 2.25. The molecule has 4 fully saturated rings. The lowest BCUT2D eigenvalue weighted by Crippen LogP contribution is -2.63. The number of halogens is 2. The Bertz CT molecular complexity index is 1220. The zero-order valence-electron chi connectivity index (χ0n) is 18.9. The largest absolute Gasteiger partial charge is 0.377 e. The van der Waals surface area contributed by atoms with E-state index in [-0.39, 0.29) is 17.0 Å². The fraction of sp³-hybridized carbons (Fsp3) is 0.600. The summed E-state index contributed by atoms with van der Waals surface area (Å²) in [6.45, 7) is 4.82. The number of hydrogen-bond acceptors (Lipinski definition) is 4. The van der Waals surface area contributed by atoms with Crippen LogP contribution in [0.2, 0.25) is 5.02 Å². The molecule has 0 radical (unpaired) electrons. The van der Waals surface area contributed by atoms with Gasteiger partial charge in [0.1, 0.15) is 11.9 Å². The van der Waals surface area contributed by atoms with Crippen molar-refractivity contribution < 1.29 is 9.13 Å². The predicted octanol–water partition coefficient (Wildman–Crippen LogP) is 4.69. The van der Waals surface area contributed by atoms with E-state index in [9.17, 15) is 0 Å². The Labute approximate surface area is 197 Å². The third kappa shape index (κ3) is 2.85. The highest BCUT2D eigenvalue weighted by molar-refractivity contribution is 6.32. The Morgan fingerprint density at radius 3 is 2.58 bits per heavy atom. The average molecular weight is 470 g/mol. The van der Waals surface area contributed by atoms with Gasteiger partial charge in [0.25, 0.3) is 0 Å². The first-order valence-corrected chi connectivity index (χ1v) is 12.5. The molecule has 2 aromatic heterocycles. The van der Waals surface area contributed by atoms with E-state index in [4.69, 9.17) is 21.4 Å². The molecule has 7 rings (SSSR count). The van der Waals surface area contributed by atoms with Crippen LogP contribution in [0.4, 0.5) is 4.39 Å². The van der Waals surface area contributed by atoms with Gasteiger partial charge in [0, 0.05) is 22.9 Å². The lowest BCUT2D eigenvalue weighted by Gasteiger charge is -2.58. The van der Waals surface area contributed by atoms with E-state index in [0.29, 0.717) is 24.8 Å². The summed E-state index contributed by atoms with van der Waals surface area (Å²) in [6.07, 6.45) is 10.7. The molecule has 0 amide bonds. The number of fused-ring (bicyclic) bond motifs is 2. The lowest BCUT2D eigenvalue weighted by atomic mass is 9.53. The third-order valence-corrected chi connectivity index (χ3v) is 9.43. The molecule has 2 saturated heterocycles. The van der Waals surface area contributed by atoms with Crippen LogP contribution in [0.5, 0.6) is 0 Å². The maximum Gasteiger partial charge on any atom is 0.120 e. The second-order valence-corrected chi connectivity index (χ2v) is 11.3. The van der Waals surface area contributed by atoms with E-state index < -0.39 is 6.17 Å². The average Bonchev–Trinajstić information content (AvgIpc) is 3.40. The van der Waals surface area contributed by atoms with Crippen molar-refractivity contribution in [1.82, 2.24) is 24.5 Å². The molecule has 2 atom stereocenters. The summed E-state index contributed by atoms with van der Waals surface area (Å²) in [7, 11) is 0. The Kier molecular flexibility index (Phi) is 4.35. The van der Waals surface area contributed by atoms with Crippen LogP contribution in [-0.2, 0) is 10.3 Å². The number of benzene rings is 1. The van der Waals surface area contributed by atoms with Crippen molar-refractivity contribution >= 4 is 22.5 Å². The standard InChI is InChI=1S/C25H29ClFN5O/c1-24(14-33-15-24)30-7-4-19(22(27)13-30)20-9-23-16(8-21(20)26)10-29-32(23)18-11-28-31(12-18)25-5-2-17(25)3-6-25/h8-12,17,19,22H,2-7,13-15H2,1H3/t17?,19-,22+,25?/m0/s1. The smallest absolute Gasteiger partial charge is 0.120 e. The fourth-order valence-corrected chi connectivity index (χ4v) is 6.91. The van der Waals surface area contributed by atoms with Crippen molar-refractivity contribution in [2.75, 3.05) is 26.3 Å². The molecule has 2 saturated carbocycles. The number of nitrogens with zero attached hydrogens (tertiary/aromatic N) is 5. The van der Waals surface area contributed by atoms with Gasteiger partial charge in [-0.2, -0.15) is 10.2 Å². The van der Waals surface area contributed by atoms with Crippen LogP contribution in [0, 0.1) is 5.92 Å². The lowest BCUT2D eigenvalue weighted by molar-refractivity contribution is -0.143. The third-order valence-electron chi connectivity index (χ3n) is 9.10. The van der Waals surface area contributed by atoms with Gasteiger partial charge in [-0.1, -0.05) is 11.6 Å². The van der Waals surface area contributed by atoms with Crippen molar-refractivity contribution in [2.24, 2.45) is 5.92 Å². The van der Waals surface area contributed by atoms with Gasteiger partial charge >= 0.3 is 0 Å². The van der Waals surface area contributed by atoms with Crippen LogP contribution in [0.25, 0.3) is 16.6 Å².